The van der Waals surface area contributed by atoms with Gasteiger partial charge in [0.2, 0.25) is 6.41 Å². The Balaban J connectivity index is 2.82. The van der Waals surface area contributed by atoms with E-state index in [-0.39, 0.29) is 6.42 Å². The predicted octanol–water partition coefficient (Wildman–Crippen LogP) is 0.957. The fourth-order valence-electron chi connectivity index (χ4n) is 1.37. The fourth-order valence-corrected chi connectivity index (χ4v) is 1.37. The number of methoxy groups -OCH3 is 1. The van der Waals surface area contributed by atoms with Gasteiger partial charge in [0.05, 0.1) is 19.6 Å². The summed E-state index contributed by atoms with van der Waals surface area (Å²) in [4.78, 5) is 21.0. The molecule has 0 aliphatic carbocycles. The van der Waals surface area contributed by atoms with Crippen molar-refractivity contribution in [3.05, 3.63) is 29.8 Å². The van der Waals surface area contributed by atoms with Crippen molar-refractivity contribution in [2.45, 2.75) is 12.5 Å². The van der Waals surface area contributed by atoms with Crippen LogP contribution < -0.4 is 10.1 Å². The van der Waals surface area contributed by atoms with Gasteiger partial charge in [-0.2, -0.15) is 0 Å². The monoisotopic (exact) mass is 223 g/mol. The third-order valence-electron chi connectivity index (χ3n) is 2.17. The van der Waals surface area contributed by atoms with Crippen LogP contribution in [0.5, 0.6) is 5.75 Å². The number of carboxylic acids is 1. The number of ether oxygens (including phenoxy) is 1. The molecule has 2 N–H and O–H groups in total. The van der Waals surface area contributed by atoms with E-state index in [1.807, 2.05) is 0 Å². The lowest BCUT2D eigenvalue weighted by atomic mass is 10.0. The van der Waals surface area contributed by atoms with Crippen molar-refractivity contribution in [2.75, 3.05) is 7.11 Å². The number of hydrogen-bond acceptors (Lipinski definition) is 3. The quantitative estimate of drug-likeness (QED) is 0.704. The van der Waals surface area contributed by atoms with E-state index in [1.165, 1.54) is 0 Å². The molecule has 0 aliphatic rings. The summed E-state index contributed by atoms with van der Waals surface area (Å²) in [6, 6.07) is 6.38. The second kappa shape index (κ2) is 5.75. The third-order valence-corrected chi connectivity index (χ3v) is 2.17. The van der Waals surface area contributed by atoms with E-state index in [2.05, 4.69) is 5.32 Å². The van der Waals surface area contributed by atoms with Gasteiger partial charge in [0.25, 0.3) is 0 Å². The molecule has 16 heavy (non-hydrogen) atoms. The van der Waals surface area contributed by atoms with Crippen LogP contribution in [-0.4, -0.2) is 24.6 Å². The number of nitrogens with one attached hydrogen (secondary N) is 1. The highest BCUT2D eigenvalue weighted by molar-refractivity contribution is 5.68. The number of benzene rings is 1. The molecule has 0 heterocycles. The molecule has 5 nitrogen and oxygen atoms in total. The third kappa shape index (κ3) is 3.27. The van der Waals surface area contributed by atoms with Crippen LogP contribution in [0.15, 0.2) is 24.3 Å². The number of rotatable bonds is 6. The highest BCUT2D eigenvalue weighted by Crippen LogP contribution is 2.19. The maximum absolute atomic E-state index is 10.6. The van der Waals surface area contributed by atoms with Crippen molar-refractivity contribution >= 4 is 12.4 Å². The second-order valence-electron chi connectivity index (χ2n) is 3.21. The van der Waals surface area contributed by atoms with E-state index in [0.29, 0.717) is 12.2 Å². The van der Waals surface area contributed by atoms with Crippen molar-refractivity contribution in [3.8, 4) is 5.75 Å². The molecule has 0 radical (unpaired) electrons. The Labute approximate surface area is 93.0 Å². The molecule has 5 heteroatoms. The molecule has 0 spiro atoms. The summed E-state index contributed by atoms with van der Waals surface area (Å²) in [5.74, 6) is -0.279. The molecule has 0 aliphatic heterocycles. The topological polar surface area (TPSA) is 75.6 Å². The number of aliphatic carboxylic acids is 1. The van der Waals surface area contributed by atoms with E-state index in [1.54, 1.807) is 31.4 Å². The SMILES string of the molecule is COc1ccc([C@H](CC(=O)O)NC=O)cc1. The number of carbonyl (C=O) groups excluding carboxylic acids is 1. The Bertz CT molecular complexity index is 361. The van der Waals surface area contributed by atoms with Crippen molar-refractivity contribution in [1.82, 2.24) is 5.32 Å². The fraction of sp³-hybridized carbons (Fsp3) is 0.273. The van der Waals surface area contributed by atoms with Gasteiger partial charge in [-0.05, 0) is 17.7 Å². The number of carboxylic acid groups (broad SMARTS) is 1. The zero-order valence-corrected chi connectivity index (χ0v) is 8.84. The second-order valence-corrected chi connectivity index (χ2v) is 3.21. The molecule has 1 aromatic rings. The van der Waals surface area contributed by atoms with Crippen LogP contribution >= 0.6 is 0 Å². The molecular weight excluding hydrogens is 210 g/mol. The average Bonchev–Trinajstić information content (AvgIpc) is 2.28. The zero-order valence-electron chi connectivity index (χ0n) is 8.84. The Morgan fingerprint density at radius 3 is 2.56 bits per heavy atom. The summed E-state index contributed by atoms with van der Waals surface area (Å²) in [6.07, 6.45) is 0.350. The smallest absolute Gasteiger partial charge is 0.305 e. The summed E-state index contributed by atoms with van der Waals surface area (Å²) in [7, 11) is 1.55. The molecule has 0 saturated heterocycles. The van der Waals surface area contributed by atoms with Crippen LogP contribution in [0, 0.1) is 0 Å². The van der Waals surface area contributed by atoms with Crippen LogP contribution in [0.4, 0.5) is 0 Å². The van der Waals surface area contributed by atoms with Gasteiger partial charge in [0.15, 0.2) is 0 Å². The Kier molecular flexibility index (Phi) is 4.32. The Hall–Kier alpha value is -2.04. The Morgan fingerprint density at radius 2 is 2.12 bits per heavy atom. The van der Waals surface area contributed by atoms with Crippen LogP contribution in [0.3, 0.4) is 0 Å². The summed E-state index contributed by atoms with van der Waals surface area (Å²) in [5, 5.41) is 11.2. The molecule has 0 bridgehead atoms. The van der Waals surface area contributed by atoms with E-state index in [4.69, 9.17) is 9.84 Å². The summed E-state index contributed by atoms with van der Waals surface area (Å²) < 4.78 is 4.98. The van der Waals surface area contributed by atoms with Gasteiger partial charge in [0.1, 0.15) is 5.75 Å². The molecule has 1 amide bonds. The minimum Gasteiger partial charge on any atom is -0.497 e. The number of hydrogen-bond donors (Lipinski definition) is 2. The van der Waals surface area contributed by atoms with Crippen LogP contribution in [0.25, 0.3) is 0 Å². The normalized spacial score (nSPS) is 11.6. The highest BCUT2D eigenvalue weighted by atomic mass is 16.5. The van der Waals surface area contributed by atoms with Gasteiger partial charge < -0.3 is 15.2 Å². The maximum Gasteiger partial charge on any atom is 0.305 e. The molecule has 0 fully saturated rings. The standard InChI is InChI=1S/C11H13NO4/c1-16-9-4-2-8(3-5-9)10(12-7-13)6-11(14)15/h2-5,7,10H,6H2,1H3,(H,12,13)(H,14,15)/t10-/m0/s1. The lowest BCUT2D eigenvalue weighted by molar-refractivity contribution is -0.137. The largest absolute Gasteiger partial charge is 0.497 e. The summed E-state index contributed by atoms with van der Waals surface area (Å²) in [6.45, 7) is 0. The van der Waals surface area contributed by atoms with Crippen molar-refractivity contribution in [2.24, 2.45) is 0 Å². The maximum atomic E-state index is 10.6. The first-order chi connectivity index (χ1) is 7.67. The summed E-state index contributed by atoms with van der Waals surface area (Å²) in [5.41, 5.74) is 0.732. The first-order valence-corrected chi connectivity index (χ1v) is 4.72. The van der Waals surface area contributed by atoms with Crippen molar-refractivity contribution in [1.29, 1.82) is 0 Å². The lowest BCUT2D eigenvalue weighted by Crippen LogP contribution is -2.22. The minimum absolute atomic E-state index is 0.148. The van der Waals surface area contributed by atoms with Crippen molar-refractivity contribution < 1.29 is 19.4 Å². The van der Waals surface area contributed by atoms with Gasteiger partial charge in [-0.3, -0.25) is 9.59 Å². The molecule has 86 valence electrons. The first kappa shape index (κ1) is 12.0. The van der Waals surface area contributed by atoms with Gasteiger partial charge in [-0.25, -0.2) is 0 Å². The molecule has 1 atom stereocenters. The van der Waals surface area contributed by atoms with E-state index < -0.39 is 12.0 Å². The molecule has 1 aromatic carbocycles. The van der Waals surface area contributed by atoms with Crippen molar-refractivity contribution in [3.63, 3.8) is 0 Å². The van der Waals surface area contributed by atoms with Crippen LogP contribution in [0.1, 0.15) is 18.0 Å². The van der Waals surface area contributed by atoms with Crippen LogP contribution in [0.2, 0.25) is 0 Å². The molecule has 1 rings (SSSR count). The van der Waals surface area contributed by atoms with E-state index in [9.17, 15) is 9.59 Å². The lowest BCUT2D eigenvalue weighted by Gasteiger charge is -2.14. The highest BCUT2D eigenvalue weighted by Gasteiger charge is 2.14. The van der Waals surface area contributed by atoms with Gasteiger partial charge in [-0.1, -0.05) is 12.1 Å². The molecule has 0 unspecified atom stereocenters. The predicted molar refractivity (Wildman–Crippen MR) is 57.2 cm³/mol. The van der Waals surface area contributed by atoms with Gasteiger partial charge in [-0.15, -0.1) is 0 Å². The van der Waals surface area contributed by atoms with Crippen LogP contribution in [-0.2, 0) is 9.59 Å². The number of carbonyl (C=O) groups is 2. The minimum atomic E-state index is -0.963. The first-order valence-electron chi connectivity index (χ1n) is 4.72. The van der Waals surface area contributed by atoms with Gasteiger partial charge >= 0.3 is 5.97 Å². The Morgan fingerprint density at radius 1 is 1.50 bits per heavy atom. The van der Waals surface area contributed by atoms with E-state index in [0.717, 1.165) is 5.56 Å². The number of amides is 1. The van der Waals surface area contributed by atoms with E-state index >= 15 is 0 Å². The van der Waals surface area contributed by atoms with Gasteiger partial charge in [0, 0.05) is 0 Å². The average molecular weight is 223 g/mol. The molecule has 0 saturated carbocycles. The molecular formula is C11H13NO4. The zero-order chi connectivity index (χ0) is 12.0. The summed E-state index contributed by atoms with van der Waals surface area (Å²) >= 11 is 0. The molecule has 0 aromatic heterocycles.